The fourth-order valence-electron chi connectivity index (χ4n) is 2.01. The van der Waals surface area contributed by atoms with Gasteiger partial charge in [0.25, 0.3) is 0 Å². The van der Waals surface area contributed by atoms with Crippen molar-refractivity contribution >= 4 is 29.3 Å². The molecule has 0 fully saturated rings. The van der Waals surface area contributed by atoms with Gasteiger partial charge >= 0.3 is 0 Å². The molecule has 0 aliphatic rings. The van der Waals surface area contributed by atoms with E-state index in [-0.39, 0.29) is 17.6 Å². The number of rotatable bonds is 7. The molecule has 0 atom stereocenters. The van der Waals surface area contributed by atoms with E-state index in [1.807, 2.05) is 60.7 Å². The Morgan fingerprint density at radius 1 is 0.957 bits per heavy atom. The molecule has 0 aromatic heterocycles. The zero-order valence-corrected chi connectivity index (χ0v) is 13.9. The van der Waals surface area contributed by atoms with Crippen LogP contribution in [0, 0.1) is 0 Å². The van der Waals surface area contributed by atoms with E-state index in [1.165, 1.54) is 11.8 Å². The molecule has 0 aliphatic heterocycles. The van der Waals surface area contributed by atoms with Crippen molar-refractivity contribution in [2.75, 3.05) is 23.9 Å². The number of thioether (sulfide) groups is 1. The molecule has 0 radical (unpaired) electrons. The van der Waals surface area contributed by atoms with Crippen molar-refractivity contribution in [3.63, 3.8) is 0 Å². The third kappa shape index (κ3) is 6.16. The van der Waals surface area contributed by atoms with Gasteiger partial charge in [-0.1, -0.05) is 48.5 Å². The maximum atomic E-state index is 12.1. The number of nitrogens with zero attached hydrogens (tertiary/aromatic N) is 1. The lowest BCUT2D eigenvalue weighted by Crippen LogP contribution is -2.28. The Morgan fingerprint density at radius 3 is 2.22 bits per heavy atom. The fourth-order valence-corrected chi connectivity index (χ4v) is 2.76. The summed E-state index contributed by atoms with van der Waals surface area (Å²) in [6.45, 7) is 0.580. The van der Waals surface area contributed by atoms with Crippen LogP contribution < -0.4 is 5.32 Å². The van der Waals surface area contributed by atoms with Crippen molar-refractivity contribution < 1.29 is 9.59 Å². The molecule has 1 N–H and O–H groups in total. The van der Waals surface area contributed by atoms with Gasteiger partial charge in [-0.3, -0.25) is 9.59 Å². The summed E-state index contributed by atoms with van der Waals surface area (Å²) in [4.78, 5) is 25.5. The highest BCUT2D eigenvalue weighted by Gasteiger charge is 2.10. The lowest BCUT2D eigenvalue weighted by molar-refractivity contribution is -0.127. The summed E-state index contributed by atoms with van der Waals surface area (Å²) in [6.07, 6.45) is 0. The third-order valence-corrected chi connectivity index (χ3v) is 4.12. The molecule has 120 valence electrons. The van der Waals surface area contributed by atoms with Crippen molar-refractivity contribution in [3.05, 3.63) is 66.2 Å². The van der Waals surface area contributed by atoms with Gasteiger partial charge in [-0.15, -0.1) is 11.8 Å². The van der Waals surface area contributed by atoms with Crippen LogP contribution in [0.25, 0.3) is 0 Å². The normalized spacial score (nSPS) is 10.1. The van der Waals surface area contributed by atoms with E-state index < -0.39 is 0 Å². The Kier molecular flexibility index (Phi) is 6.69. The molecule has 0 spiro atoms. The molecule has 0 heterocycles. The Labute approximate surface area is 140 Å². The number of benzene rings is 2. The van der Waals surface area contributed by atoms with Crippen LogP contribution in [0.2, 0.25) is 0 Å². The molecule has 4 nitrogen and oxygen atoms in total. The molecule has 2 amide bonds. The lowest BCUT2D eigenvalue weighted by Gasteiger charge is -2.17. The number of hydrogen-bond acceptors (Lipinski definition) is 3. The van der Waals surface area contributed by atoms with Crippen molar-refractivity contribution in [1.82, 2.24) is 4.90 Å². The number of para-hydroxylation sites is 1. The maximum absolute atomic E-state index is 12.1. The predicted molar refractivity (Wildman–Crippen MR) is 95.3 cm³/mol. The first kappa shape index (κ1) is 17.1. The third-order valence-electron chi connectivity index (χ3n) is 3.20. The molecular formula is C18H20N2O2S. The number of amides is 2. The summed E-state index contributed by atoms with van der Waals surface area (Å²) < 4.78 is 0. The first-order chi connectivity index (χ1) is 11.1. The van der Waals surface area contributed by atoms with Gasteiger partial charge in [-0.05, 0) is 17.7 Å². The van der Waals surface area contributed by atoms with Gasteiger partial charge in [0.2, 0.25) is 11.8 Å². The van der Waals surface area contributed by atoms with Gasteiger partial charge in [0.05, 0.1) is 11.5 Å². The van der Waals surface area contributed by atoms with Gasteiger partial charge < -0.3 is 10.2 Å². The first-order valence-electron chi connectivity index (χ1n) is 7.35. The second kappa shape index (κ2) is 9.00. The number of carbonyl (C=O) groups excluding carboxylic acids is 2. The highest BCUT2D eigenvalue weighted by Crippen LogP contribution is 2.09. The first-order valence-corrected chi connectivity index (χ1v) is 8.51. The summed E-state index contributed by atoms with van der Waals surface area (Å²) in [5, 5.41) is 2.80. The molecule has 0 saturated carbocycles. The molecular weight excluding hydrogens is 308 g/mol. The zero-order chi connectivity index (χ0) is 16.5. The monoisotopic (exact) mass is 328 g/mol. The second-order valence-corrected chi connectivity index (χ2v) is 6.13. The summed E-state index contributed by atoms with van der Waals surface area (Å²) >= 11 is 1.32. The van der Waals surface area contributed by atoms with Gasteiger partial charge in [-0.25, -0.2) is 0 Å². The van der Waals surface area contributed by atoms with E-state index in [9.17, 15) is 9.59 Å². The van der Waals surface area contributed by atoms with Gasteiger partial charge in [-0.2, -0.15) is 0 Å². The quantitative estimate of drug-likeness (QED) is 0.850. The van der Waals surface area contributed by atoms with Gasteiger partial charge in [0, 0.05) is 19.3 Å². The van der Waals surface area contributed by atoms with Crippen LogP contribution >= 0.6 is 11.8 Å². The van der Waals surface area contributed by atoms with Crippen molar-refractivity contribution in [2.24, 2.45) is 0 Å². The molecule has 5 heteroatoms. The molecule has 0 aliphatic carbocycles. The minimum atomic E-state index is -0.0975. The van der Waals surface area contributed by atoms with Crippen molar-refractivity contribution in [1.29, 1.82) is 0 Å². The van der Waals surface area contributed by atoms with E-state index in [2.05, 4.69) is 5.32 Å². The Bertz CT molecular complexity index is 632. The number of anilines is 1. The summed E-state index contributed by atoms with van der Waals surface area (Å²) in [6, 6.07) is 19.1. The van der Waals surface area contributed by atoms with Crippen LogP contribution in [0.15, 0.2) is 60.7 Å². The molecule has 2 rings (SSSR count). The number of hydrogen-bond donors (Lipinski definition) is 1. The summed E-state index contributed by atoms with van der Waals surface area (Å²) in [5.74, 6) is 0.483. The topological polar surface area (TPSA) is 49.4 Å². The average Bonchev–Trinajstić information content (AvgIpc) is 2.56. The van der Waals surface area contributed by atoms with Crippen molar-refractivity contribution in [2.45, 2.75) is 6.54 Å². The number of carbonyl (C=O) groups is 2. The molecule has 0 bridgehead atoms. The highest BCUT2D eigenvalue weighted by atomic mass is 32.2. The molecule has 0 saturated heterocycles. The van der Waals surface area contributed by atoms with Crippen LogP contribution in [-0.4, -0.2) is 35.3 Å². The molecule has 2 aromatic rings. The van der Waals surface area contributed by atoms with E-state index >= 15 is 0 Å². The van der Waals surface area contributed by atoms with Crippen LogP contribution in [0.4, 0.5) is 5.69 Å². The second-order valence-electron chi connectivity index (χ2n) is 5.14. The van der Waals surface area contributed by atoms with Crippen molar-refractivity contribution in [3.8, 4) is 0 Å². The van der Waals surface area contributed by atoms with Gasteiger partial charge in [0.1, 0.15) is 0 Å². The van der Waals surface area contributed by atoms with E-state index in [0.717, 1.165) is 11.3 Å². The smallest absolute Gasteiger partial charge is 0.234 e. The van der Waals surface area contributed by atoms with Crippen LogP contribution in [0.1, 0.15) is 5.56 Å². The highest BCUT2D eigenvalue weighted by molar-refractivity contribution is 8.00. The van der Waals surface area contributed by atoms with Crippen LogP contribution in [0.3, 0.4) is 0 Å². The standard InChI is InChI=1S/C18H20N2O2S/c1-20(12-15-8-4-2-5-9-15)18(22)14-23-13-17(21)19-16-10-6-3-7-11-16/h2-11H,12-14H2,1H3,(H,19,21). The summed E-state index contributed by atoms with van der Waals surface area (Å²) in [5.41, 5.74) is 1.86. The van der Waals surface area contributed by atoms with Crippen LogP contribution in [0.5, 0.6) is 0 Å². The Hall–Kier alpha value is -2.27. The van der Waals surface area contributed by atoms with Crippen LogP contribution in [-0.2, 0) is 16.1 Å². The molecule has 2 aromatic carbocycles. The maximum Gasteiger partial charge on any atom is 0.234 e. The Morgan fingerprint density at radius 2 is 1.57 bits per heavy atom. The fraction of sp³-hybridized carbons (Fsp3) is 0.222. The molecule has 0 unspecified atom stereocenters. The number of nitrogens with one attached hydrogen (secondary N) is 1. The predicted octanol–water partition coefficient (Wildman–Crippen LogP) is 3.02. The van der Waals surface area contributed by atoms with Gasteiger partial charge in [0.15, 0.2) is 0 Å². The van der Waals surface area contributed by atoms with E-state index in [0.29, 0.717) is 12.3 Å². The average molecular weight is 328 g/mol. The minimum Gasteiger partial charge on any atom is -0.341 e. The largest absolute Gasteiger partial charge is 0.341 e. The van der Waals surface area contributed by atoms with E-state index in [4.69, 9.17) is 0 Å². The Balaban J connectivity index is 1.69. The molecule has 23 heavy (non-hydrogen) atoms. The minimum absolute atomic E-state index is 0.0198. The zero-order valence-electron chi connectivity index (χ0n) is 13.1. The summed E-state index contributed by atoms with van der Waals surface area (Å²) in [7, 11) is 1.78. The lowest BCUT2D eigenvalue weighted by atomic mass is 10.2. The van der Waals surface area contributed by atoms with E-state index in [1.54, 1.807) is 11.9 Å². The SMILES string of the molecule is CN(Cc1ccccc1)C(=O)CSCC(=O)Nc1ccccc1.